The van der Waals surface area contributed by atoms with Crippen LogP contribution < -0.4 is 10.6 Å². The maximum Gasteiger partial charge on any atom is 0.250 e. The highest BCUT2D eigenvalue weighted by Gasteiger charge is 2.13. The molecule has 4 nitrogen and oxygen atoms in total. The van der Waals surface area contributed by atoms with Gasteiger partial charge in [0.25, 0.3) is 0 Å². The lowest BCUT2D eigenvalue weighted by Gasteiger charge is -2.21. The van der Waals surface area contributed by atoms with Crippen molar-refractivity contribution in [1.29, 1.82) is 0 Å². The number of hydrogen-bond acceptors (Lipinski definition) is 3. The summed E-state index contributed by atoms with van der Waals surface area (Å²) in [5.74, 6) is -0.431. The van der Waals surface area contributed by atoms with Gasteiger partial charge in [0.2, 0.25) is 5.91 Å². The topological polar surface area (TPSA) is 61.4 Å². The van der Waals surface area contributed by atoms with Crippen molar-refractivity contribution >= 4 is 17.3 Å². The zero-order chi connectivity index (χ0) is 17.5. The highest BCUT2D eigenvalue weighted by Crippen LogP contribution is 2.27. The quantitative estimate of drug-likeness (QED) is 0.643. The number of nitrogens with one attached hydrogen (secondary N) is 2. The fourth-order valence-electron chi connectivity index (χ4n) is 2.70. The second kappa shape index (κ2) is 8.13. The number of carbonyl (C=O) groups is 1. The number of benzene rings is 3. The zero-order valence-electron chi connectivity index (χ0n) is 13.7. The molecule has 0 atom stereocenters. The Balaban J connectivity index is 1.88. The number of anilines is 2. The van der Waals surface area contributed by atoms with E-state index >= 15 is 0 Å². The van der Waals surface area contributed by atoms with E-state index in [0.717, 1.165) is 16.8 Å². The second-order valence-electron chi connectivity index (χ2n) is 5.69. The smallest absolute Gasteiger partial charge is 0.250 e. The molecule has 0 fully saturated rings. The van der Waals surface area contributed by atoms with Gasteiger partial charge in [-0.3, -0.25) is 4.79 Å². The van der Waals surface area contributed by atoms with Crippen molar-refractivity contribution in [3.63, 3.8) is 0 Å². The van der Waals surface area contributed by atoms with Crippen LogP contribution in [0.2, 0.25) is 0 Å². The average molecular weight is 332 g/mol. The van der Waals surface area contributed by atoms with Crippen LogP contribution in [0, 0.1) is 0 Å². The molecule has 0 saturated carbocycles. The molecular weight excluding hydrogens is 312 g/mol. The van der Waals surface area contributed by atoms with E-state index in [0.29, 0.717) is 5.69 Å². The molecule has 3 N–H and O–H groups in total. The summed E-state index contributed by atoms with van der Waals surface area (Å²) in [4.78, 5) is 11.4. The third kappa shape index (κ3) is 4.46. The van der Waals surface area contributed by atoms with Gasteiger partial charge in [0, 0.05) is 11.4 Å². The van der Waals surface area contributed by atoms with Crippen LogP contribution in [-0.4, -0.2) is 17.6 Å². The minimum atomic E-state index is -0.533. The van der Waals surface area contributed by atoms with E-state index in [1.807, 2.05) is 54.6 Å². The summed E-state index contributed by atoms with van der Waals surface area (Å²) >= 11 is 0. The van der Waals surface area contributed by atoms with Crippen LogP contribution in [0.4, 0.5) is 11.4 Å². The van der Waals surface area contributed by atoms with E-state index < -0.39 is 12.5 Å². The van der Waals surface area contributed by atoms with Crippen molar-refractivity contribution in [2.75, 3.05) is 17.2 Å². The Hall–Kier alpha value is -3.11. The molecule has 1 amide bonds. The molecule has 0 spiro atoms. The maximum absolute atomic E-state index is 11.4. The van der Waals surface area contributed by atoms with Gasteiger partial charge in [0.05, 0.1) is 6.04 Å². The van der Waals surface area contributed by atoms with Crippen LogP contribution >= 0.6 is 0 Å². The first-order valence-electron chi connectivity index (χ1n) is 8.13. The molecule has 0 bridgehead atoms. The highest BCUT2D eigenvalue weighted by molar-refractivity contribution is 5.92. The number of hydrogen-bond donors (Lipinski definition) is 3. The van der Waals surface area contributed by atoms with Crippen LogP contribution in [0.1, 0.15) is 17.2 Å². The third-order valence-corrected chi connectivity index (χ3v) is 3.87. The minimum Gasteiger partial charge on any atom is -0.387 e. The SMILES string of the molecule is O=C(CO)Nc1cccc(NC(c2ccccc2)c2ccccc2)c1. The van der Waals surface area contributed by atoms with Crippen LogP contribution in [0.5, 0.6) is 0 Å². The van der Waals surface area contributed by atoms with Gasteiger partial charge in [0.15, 0.2) is 0 Å². The van der Waals surface area contributed by atoms with Gasteiger partial charge in [-0.25, -0.2) is 0 Å². The largest absolute Gasteiger partial charge is 0.387 e. The number of amides is 1. The van der Waals surface area contributed by atoms with Crippen molar-refractivity contribution in [1.82, 2.24) is 0 Å². The second-order valence-corrected chi connectivity index (χ2v) is 5.69. The molecule has 0 aromatic heterocycles. The third-order valence-electron chi connectivity index (χ3n) is 3.87. The van der Waals surface area contributed by atoms with Gasteiger partial charge < -0.3 is 15.7 Å². The van der Waals surface area contributed by atoms with E-state index in [1.54, 1.807) is 6.07 Å². The first-order valence-corrected chi connectivity index (χ1v) is 8.13. The van der Waals surface area contributed by atoms with Crippen LogP contribution in [0.25, 0.3) is 0 Å². The van der Waals surface area contributed by atoms with E-state index in [-0.39, 0.29) is 6.04 Å². The van der Waals surface area contributed by atoms with Gasteiger partial charge in [-0.1, -0.05) is 66.7 Å². The Morgan fingerprint density at radius 1 is 0.800 bits per heavy atom. The molecule has 0 aliphatic carbocycles. The number of carbonyl (C=O) groups excluding carboxylic acids is 1. The molecule has 3 aromatic carbocycles. The Morgan fingerprint density at radius 2 is 1.36 bits per heavy atom. The van der Waals surface area contributed by atoms with E-state index in [1.165, 1.54) is 0 Å². The van der Waals surface area contributed by atoms with Crippen molar-refractivity contribution in [3.8, 4) is 0 Å². The molecule has 0 aliphatic rings. The highest BCUT2D eigenvalue weighted by atomic mass is 16.3. The predicted octanol–water partition coefficient (Wildman–Crippen LogP) is 3.82. The van der Waals surface area contributed by atoms with Crippen molar-refractivity contribution < 1.29 is 9.90 Å². The molecule has 0 heterocycles. The van der Waals surface area contributed by atoms with Gasteiger partial charge in [-0.15, -0.1) is 0 Å². The molecule has 3 rings (SSSR count). The first kappa shape index (κ1) is 16.7. The minimum absolute atomic E-state index is 0.00815. The van der Waals surface area contributed by atoms with Crippen molar-refractivity contribution in [2.45, 2.75) is 6.04 Å². The summed E-state index contributed by atoms with van der Waals surface area (Å²) in [6, 6.07) is 27.9. The van der Waals surface area contributed by atoms with Gasteiger partial charge in [0.1, 0.15) is 6.61 Å². The Morgan fingerprint density at radius 3 is 1.92 bits per heavy atom. The van der Waals surface area contributed by atoms with Gasteiger partial charge in [-0.2, -0.15) is 0 Å². The Bertz CT molecular complexity index is 780. The molecule has 0 aliphatic heterocycles. The average Bonchev–Trinajstić information content (AvgIpc) is 2.67. The Labute approximate surface area is 147 Å². The molecule has 0 radical (unpaired) electrons. The van der Waals surface area contributed by atoms with Gasteiger partial charge >= 0.3 is 0 Å². The molecule has 4 heteroatoms. The van der Waals surface area contributed by atoms with Crippen LogP contribution in [-0.2, 0) is 4.79 Å². The molecular formula is C21H20N2O2. The maximum atomic E-state index is 11.4. The number of aliphatic hydroxyl groups is 1. The summed E-state index contributed by atoms with van der Waals surface area (Å²) in [5, 5.41) is 15.1. The van der Waals surface area contributed by atoms with Crippen molar-refractivity contribution in [2.24, 2.45) is 0 Å². The molecule has 0 unspecified atom stereocenters. The summed E-state index contributed by atoms with van der Waals surface area (Å²) < 4.78 is 0. The molecule has 3 aromatic rings. The molecule has 0 saturated heterocycles. The van der Waals surface area contributed by atoms with Crippen LogP contribution in [0.15, 0.2) is 84.9 Å². The van der Waals surface area contributed by atoms with Crippen LogP contribution in [0.3, 0.4) is 0 Å². The Kier molecular flexibility index (Phi) is 5.44. The summed E-state index contributed by atoms with van der Waals surface area (Å²) in [6.45, 7) is -0.533. The normalized spacial score (nSPS) is 10.5. The fourth-order valence-corrected chi connectivity index (χ4v) is 2.70. The van der Waals surface area contributed by atoms with E-state index in [9.17, 15) is 4.79 Å². The molecule has 126 valence electrons. The number of aliphatic hydroxyl groups excluding tert-OH is 1. The summed E-state index contributed by atoms with van der Waals surface area (Å²) in [7, 11) is 0. The number of rotatable bonds is 6. The predicted molar refractivity (Wildman–Crippen MR) is 101 cm³/mol. The van der Waals surface area contributed by atoms with Crippen molar-refractivity contribution in [3.05, 3.63) is 96.1 Å². The lowest BCUT2D eigenvalue weighted by atomic mass is 9.98. The zero-order valence-corrected chi connectivity index (χ0v) is 13.7. The van der Waals surface area contributed by atoms with Gasteiger partial charge in [-0.05, 0) is 29.3 Å². The van der Waals surface area contributed by atoms with E-state index in [4.69, 9.17) is 5.11 Å². The lowest BCUT2D eigenvalue weighted by molar-refractivity contribution is -0.118. The lowest BCUT2D eigenvalue weighted by Crippen LogP contribution is -2.16. The molecule has 25 heavy (non-hydrogen) atoms. The first-order chi connectivity index (χ1) is 12.3. The summed E-state index contributed by atoms with van der Waals surface area (Å²) in [5.41, 5.74) is 3.83. The van der Waals surface area contributed by atoms with E-state index in [2.05, 4.69) is 34.9 Å². The fraction of sp³-hybridized carbons (Fsp3) is 0.0952. The monoisotopic (exact) mass is 332 g/mol. The summed E-state index contributed by atoms with van der Waals surface area (Å²) in [6.07, 6.45) is 0. The standard InChI is InChI=1S/C21H20N2O2/c24-15-20(25)22-18-12-7-13-19(14-18)23-21(16-8-3-1-4-9-16)17-10-5-2-6-11-17/h1-14,21,23-24H,15H2,(H,22,25).